The first-order valence-corrected chi connectivity index (χ1v) is 5.68. The standard InChI is InChI=1S/C12H12F4N2O/c13-9-3-1-2-8(4-9)6-18-7-11(19)17-5-10(18)12(14,15)16/h1-4,10H,5-7H2,(H,17,19). The van der Waals surface area contributed by atoms with Gasteiger partial charge in [0.05, 0.1) is 6.54 Å². The second kappa shape index (κ2) is 5.16. The molecule has 19 heavy (non-hydrogen) atoms. The Morgan fingerprint density at radius 3 is 2.74 bits per heavy atom. The Kier molecular flexibility index (Phi) is 3.75. The number of halogens is 4. The molecular formula is C12H12F4N2O. The van der Waals surface area contributed by atoms with Crippen molar-refractivity contribution in [3.05, 3.63) is 35.6 Å². The van der Waals surface area contributed by atoms with Crippen LogP contribution < -0.4 is 5.32 Å². The van der Waals surface area contributed by atoms with Gasteiger partial charge in [-0.2, -0.15) is 13.2 Å². The van der Waals surface area contributed by atoms with Crippen molar-refractivity contribution in [3.63, 3.8) is 0 Å². The first-order valence-electron chi connectivity index (χ1n) is 5.68. The van der Waals surface area contributed by atoms with Crippen LogP contribution in [0.4, 0.5) is 17.6 Å². The van der Waals surface area contributed by atoms with Gasteiger partial charge in [0.2, 0.25) is 5.91 Å². The number of carbonyl (C=O) groups is 1. The molecule has 104 valence electrons. The van der Waals surface area contributed by atoms with Crippen molar-refractivity contribution < 1.29 is 22.4 Å². The lowest BCUT2D eigenvalue weighted by Gasteiger charge is -2.36. The Morgan fingerprint density at radius 1 is 1.37 bits per heavy atom. The molecule has 1 N–H and O–H groups in total. The lowest BCUT2D eigenvalue weighted by atomic mass is 10.1. The third kappa shape index (κ3) is 3.44. The van der Waals surface area contributed by atoms with E-state index in [1.807, 2.05) is 0 Å². The van der Waals surface area contributed by atoms with Crippen molar-refractivity contribution in [2.45, 2.75) is 18.8 Å². The zero-order valence-corrected chi connectivity index (χ0v) is 9.88. The number of nitrogens with zero attached hydrogens (tertiary/aromatic N) is 1. The van der Waals surface area contributed by atoms with E-state index in [2.05, 4.69) is 5.32 Å². The highest BCUT2D eigenvalue weighted by atomic mass is 19.4. The Balaban J connectivity index is 2.16. The number of carbonyl (C=O) groups excluding carboxylic acids is 1. The lowest BCUT2D eigenvalue weighted by molar-refractivity contribution is -0.190. The summed E-state index contributed by atoms with van der Waals surface area (Å²) < 4.78 is 51.5. The van der Waals surface area contributed by atoms with Crippen molar-refractivity contribution in [1.82, 2.24) is 10.2 Å². The van der Waals surface area contributed by atoms with E-state index < -0.39 is 30.5 Å². The van der Waals surface area contributed by atoms with Crippen LogP contribution in [0.25, 0.3) is 0 Å². The second-order valence-corrected chi connectivity index (χ2v) is 4.40. The van der Waals surface area contributed by atoms with Crippen LogP contribution in [0.15, 0.2) is 24.3 Å². The highest BCUT2D eigenvalue weighted by Crippen LogP contribution is 2.27. The molecule has 0 radical (unpaired) electrons. The van der Waals surface area contributed by atoms with Gasteiger partial charge in [-0.3, -0.25) is 9.69 Å². The molecule has 0 bridgehead atoms. The molecule has 1 aliphatic rings. The van der Waals surface area contributed by atoms with Gasteiger partial charge < -0.3 is 5.32 Å². The largest absolute Gasteiger partial charge is 0.405 e. The van der Waals surface area contributed by atoms with Crippen LogP contribution in [0.3, 0.4) is 0 Å². The smallest absolute Gasteiger partial charge is 0.353 e. The molecule has 2 rings (SSSR count). The molecule has 1 aromatic carbocycles. The summed E-state index contributed by atoms with van der Waals surface area (Å²) in [5.74, 6) is -0.973. The van der Waals surface area contributed by atoms with Gasteiger partial charge in [0.25, 0.3) is 0 Å². The van der Waals surface area contributed by atoms with Crippen molar-refractivity contribution in [1.29, 1.82) is 0 Å². The lowest BCUT2D eigenvalue weighted by Crippen LogP contribution is -2.59. The van der Waals surface area contributed by atoms with Crippen LogP contribution in [0, 0.1) is 5.82 Å². The first kappa shape index (κ1) is 13.8. The number of alkyl halides is 3. The molecule has 1 saturated heterocycles. The van der Waals surface area contributed by atoms with Gasteiger partial charge in [0, 0.05) is 13.1 Å². The Labute approximate surface area is 107 Å². The maximum Gasteiger partial charge on any atom is 0.405 e. The second-order valence-electron chi connectivity index (χ2n) is 4.40. The minimum atomic E-state index is -4.43. The monoisotopic (exact) mass is 276 g/mol. The van der Waals surface area contributed by atoms with E-state index in [1.165, 1.54) is 24.3 Å². The maximum absolute atomic E-state index is 13.0. The summed E-state index contributed by atoms with van der Waals surface area (Å²) >= 11 is 0. The molecule has 1 heterocycles. The predicted molar refractivity (Wildman–Crippen MR) is 59.7 cm³/mol. The fourth-order valence-electron chi connectivity index (χ4n) is 2.05. The SMILES string of the molecule is O=C1CN(Cc2cccc(F)c2)C(C(F)(F)F)CN1. The summed E-state index contributed by atoms with van der Waals surface area (Å²) in [5, 5.41) is 2.19. The minimum absolute atomic E-state index is 0.116. The molecule has 0 aliphatic carbocycles. The van der Waals surface area contributed by atoms with E-state index in [1.54, 1.807) is 0 Å². The third-order valence-electron chi connectivity index (χ3n) is 2.93. The van der Waals surface area contributed by atoms with Gasteiger partial charge in [-0.25, -0.2) is 4.39 Å². The van der Waals surface area contributed by atoms with E-state index in [4.69, 9.17) is 0 Å². The quantitative estimate of drug-likeness (QED) is 0.834. The first-order chi connectivity index (χ1) is 8.86. The molecule has 7 heteroatoms. The van der Waals surface area contributed by atoms with Crippen LogP contribution in [-0.2, 0) is 11.3 Å². The third-order valence-corrected chi connectivity index (χ3v) is 2.93. The van der Waals surface area contributed by atoms with Crippen molar-refractivity contribution in [2.24, 2.45) is 0 Å². The molecule has 1 amide bonds. The fourth-order valence-corrected chi connectivity index (χ4v) is 2.05. The van der Waals surface area contributed by atoms with Crippen molar-refractivity contribution in [3.8, 4) is 0 Å². The van der Waals surface area contributed by atoms with Crippen LogP contribution in [-0.4, -0.2) is 36.1 Å². The summed E-state index contributed by atoms with van der Waals surface area (Å²) in [6.07, 6.45) is -4.43. The van der Waals surface area contributed by atoms with Crippen LogP contribution in [0.2, 0.25) is 0 Å². The zero-order valence-electron chi connectivity index (χ0n) is 9.88. The van der Waals surface area contributed by atoms with Crippen LogP contribution in [0.1, 0.15) is 5.56 Å². The summed E-state index contributed by atoms with van der Waals surface area (Å²) in [6, 6.07) is 3.60. The fraction of sp³-hybridized carbons (Fsp3) is 0.417. The van der Waals surface area contributed by atoms with E-state index in [-0.39, 0.29) is 13.1 Å². The molecule has 1 aliphatic heterocycles. The zero-order chi connectivity index (χ0) is 14.0. The number of hydrogen-bond acceptors (Lipinski definition) is 2. The van der Waals surface area contributed by atoms with Crippen molar-refractivity contribution in [2.75, 3.05) is 13.1 Å². The van der Waals surface area contributed by atoms with E-state index >= 15 is 0 Å². The molecule has 1 unspecified atom stereocenters. The van der Waals surface area contributed by atoms with Gasteiger partial charge in [-0.15, -0.1) is 0 Å². The summed E-state index contributed by atoms with van der Waals surface area (Å²) in [4.78, 5) is 12.2. The Bertz CT molecular complexity index is 475. The number of hydrogen-bond donors (Lipinski definition) is 1. The number of piperazine rings is 1. The Morgan fingerprint density at radius 2 is 2.11 bits per heavy atom. The van der Waals surface area contributed by atoms with Gasteiger partial charge in [0.15, 0.2) is 0 Å². The highest BCUT2D eigenvalue weighted by molar-refractivity contribution is 5.78. The predicted octanol–water partition coefficient (Wildman–Crippen LogP) is 1.69. The molecule has 0 spiro atoms. The van der Waals surface area contributed by atoms with E-state index in [0.29, 0.717) is 5.56 Å². The topological polar surface area (TPSA) is 32.3 Å². The van der Waals surface area contributed by atoms with Gasteiger partial charge in [-0.05, 0) is 17.7 Å². The summed E-state index contributed by atoms with van der Waals surface area (Å²) in [5.41, 5.74) is 0.406. The number of amides is 1. The van der Waals surface area contributed by atoms with Gasteiger partial charge >= 0.3 is 6.18 Å². The van der Waals surface area contributed by atoms with Crippen molar-refractivity contribution >= 4 is 5.91 Å². The van der Waals surface area contributed by atoms with Crippen LogP contribution in [0.5, 0.6) is 0 Å². The molecule has 0 aromatic heterocycles. The maximum atomic E-state index is 13.0. The summed E-state index contributed by atoms with van der Waals surface area (Å²) in [6.45, 7) is -0.937. The number of nitrogens with one attached hydrogen (secondary N) is 1. The average Bonchev–Trinajstić information content (AvgIpc) is 2.27. The van der Waals surface area contributed by atoms with Gasteiger partial charge in [0.1, 0.15) is 11.9 Å². The average molecular weight is 276 g/mol. The molecule has 1 atom stereocenters. The van der Waals surface area contributed by atoms with E-state index in [0.717, 1.165) is 4.90 Å². The number of benzene rings is 1. The van der Waals surface area contributed by atoms with Gasteiger partial charge in [-0.1, -0.05) is 12.1 Å². The molecule has 0 saturated carbocycles. The minimum Gasteiger partial charge on any atom is -0.353 e. The molecule has 3 nitrogen and oxygen atoms in total. The number of rotatable bonds is 2. The molecular weight excluding hydrogens is 264 g/mol. The molecule has 1 fully saturated rings. The molecule has 1 aromatic rings. The van der Waals surface area contributed by atoms with Crippen LogP contribution >= 0.6 is 0 Å². The normalized spacial score (nSPS) is 21.3. The van der Waals surface area contributed by atoms with E-state index in [9.17, 15) is 22.4 Å². The highest BCUT2D eigenvalue weighted by Gasteiger charge is 2.46. The Hall–Kier alpha value is -1.63. The summed E-state index contributed by atoms with van der Waals surface area (Å²) in [7, 11) is 0.